The van der Waals surface area contributed by atoms with Crippen LogP contribution in [0.4, 0.5) is 17.1 Å². The number of amidine groups is 3. The number of carbonyl (C=O) groups excluding carboxylic acids is 1. The molecule has 0 saturated heterocycles. The number of allylic oxidation sites excluding steroid dienone is 1. The lowest BCUT2D eigenvalue weighted by molar-refractivity contribution is 0.0952. The average molecular weight is 1290 g/mol. The Bertz CT molecular complexity index is 5670. The number of aryl methyl sites for hydroxylation is 2. The number of nitrogens with zero attached hydrogens (tertiary/aromatic N) is 13. The summed E-state index contributed by atoms with van der Waals surface area (Å²) in [4.78, 5) is 70.1. The summed E-state index contributed by atoms with van der Waals surface area (Å²) in [6.07, 6.45) is 16.7. The van der Waals surface area contributed by atoms with Crippen LogP contribution in [0.5, 0.6) is 11.5 Å². The van der Waals surface area contributed by atoms with Gasteiger partial charge in [0.1, 0.15) is 24.7 Å². The van der Waals surface area contributed by atoms with E-state index in [9.17, 15) is 9.90 Å². The van der Waals surface area contributed by atoms with Crippen LogP contribution >= 0.6 is 0 Å². The monoisotopic (exact) mass is 1290 g/mol. The quantitative estimate of drug-likeness (QED) is 0.0667. The van der Waals surface area contributed by atoms with Crippen LogP contribution in [-0.4, -0.2) is 108 Å². The van der Waals surface area contributed by atoms with Crippen LogP contribution < -0.4 is 14.8 Å². The SMILES string of the molecule is C#CCCCNC(=O)c1ccc(C2(O)N=C3N=C(COc4ccc(C5(c6[nH]c7ccccc7c6C)N=C6N=C(COc7ccc(C8(c9cn(C)c%10ccccc9%10)N=C9N=CC=C%10c%11ccccc%11N=C8N%109)cc7)C=C7c8ccccc8N=C5N76)cc4)C=C4c5ccccc5N=C2N43)cc1. The molecule has 3 atom stereocenters. The normalized spacial score (nSPS) is 20.6. The Hall–Kier alpha value is -12.9. The second kappa shape index (κ2) is 21.8. The highest BCUT2D eigenvalue weighted by Gasteiger charge is 2.57. The van der Waals surface area contributed by atoms with Crippen molar-refractivity contribution in [2.45, 2.75) is 36.6 Å². The fraction of sp³-hybridized carbons (Fsp3) is 0.125. The molecule has 0 saturated carbocycles. The van der Waals surface area contributed by atoms with Crippen molar-refractivity contribution in [3.05, 3.63) is 274 Å². The molecule has 0 bridgehead atoms. The maximum atomic E-state index is 13.0. The number of carbonyl (C=O) groups is 1. The molecule has 99 heavy (non-hydrogen) atoms. The Morgan fingerprint density at radius 2 is 1.10 bits per heavy atom. The van der Waals surface area contributed by atoms with Gasteiger partial charge in [-0.25, -0.2) is 44.9 Å². The standard InChI is InChI=1S/C80H57N15O4/c1-4-5-16-40-81-71(96)48-27-29-51(30-28-48)80(97)74-88-65-25-14-9-21-60(65)69-43-53(84-77(91-80)95(69)74)46-99-55-37-33-50(34-38-55)79(70-47(2)56-17-6-11-22-62(56)85-70)73-87-64-24-13-8-20-59(64)68-42-52(83-76(90-79)94(68)73)45-98-54-35-31-49(32-36-54)78(61-44-92(3)66-26-15-10-18-57(61)66)72-86-63-23-12-7-19-58(63)67-39-41-82-75(89-78)93(67)72/h1,6-15,17-39,41-44,85,97H,5,16,40,45-46H2,2-3H3,(H,81,96). The van der Waals surface area contributed by atoms with Crippen LogP contribution in [0.25, 0.3) is 38.9 Å². The molecule has 1 amide bonds. The number of aromatic amines is 1. The van der Waals surface area contributed by atoms with Crippen LogP contribution in [0.2, 0.25) is 0 Å². The maximum absolute atomic E-state index is 13.0. The van der Waals surface area contributed by atoms with Gasteiger partial charge in [0.2, 0.25) is 23.6 Å². The van der Waals surface area contributed by atoms with Gasteiger partial charge in [-0.1, -0.05) is 127 Å². The van der Waals surface area contributed by atoms with Crippen molar-refractivity contribution in [2.75, 3.05) is 19.8 Å². The number of terminal acetylenes is 1. The van der Waals surface area contributed by atoms with E-state index in [0.29, 0.717) is 76.9 Å². The summed E-state index contributed by atoms with van der Waals surface area (Å²) >= 11 is 0. The van der Waals surface area contributed by atoms with Gasteiger partial charge in [-0.15, -0.1) is 12.3 Å². The van der Waals surface area contributed by atoms with E-state index in [1.165, 1.54) is 0 Å². The molecule has 10 aromatic rings. The number of para-hydroxylation sites is 5. The van der Waals surface area contributed by atoms with Crippen molar-refractivity contribution in [1.82, 2.24) is 29.6 Å². The highest BCUT2D eigenvalue weighted by Crippen LogP contribution is 2.54. The van der Waals surface area contributed by atoms with E-state index in [2.05, 4.69) is 124 Å². The van der Waals surface area contributed by atoms with Crippen molar-refractivity contribution in [3.63, 3.8) is 0 Å². The molecule has 9 aliphatic rings. The summed E-state index contributed by atoms with van der Waals surface area (Å²) in [6.45, 7) is 2.78. The fourth-order valence-corrected chi connectivity index (χ4v) is 15.0. The zero-order valence-electron chi connectivity index (χ0n) is 53.5. The summed E-state index contributed by atoms with van der Waals surface area (Å²) in [6, 6.07) is 63.7. The van der Waals surface area contributed by atoms with E-state index >= 15 is 0 Å². The smallest absolute Gasteiger partial charge is 0.251 e. The lowest BCUT2D eigenvalue weighted by atomic mass is 9.81. The molecule has 476 valence electrons. The minimum atomic E-state index is -1.92. The molecule has 8 aromatic carbocycles. The largest absolute Gasteiger partial charge is 0.487 e. The van der Waals surface area contributed by atoms with Crippen molar-refractivity contribution in [2.24, 2.45) is 52.0 Å². The predicted octanol–water partition coefficient (Wildman–Crippen LogP) is 13.2. The molecule has 0 aliphatic carbocycles. The van der Waals surface area contributed by atoms with Gasteiger partial charge in [-0.3, -0.25) is 19.5 Å². The Balaban J connectivity index is 0.649. The second-order valence-corrected chi connectivity index (χ2v) is 25.4. The third kappa shape index (κ3) is 8.62. The topological polar surface area (TPSA) is 209 Å². The van der Waals surface area contributed by atoms with E-state index < -0.39 is 16.8 Å². The molecular weight excluding hydrogens is 1230 g/mol. The number of amides is 1. The molecule has 3 N–H and O–H groups in total. The summed E-state index contributed by atoms with van der Waals surface area (Å²) in [5.74, 6) is 6.59. The van der Waals surface area contributed by atoms with Gasteiger partial charge in [0.05, 0.1) is 51.3 Å². The minimum Gasteiger partial charge on any atom is -0.487 e. The lowest BCUT2D eigenvalue weighted by Gasteiger charge is -2.35. The van der Waals surface area contributed by atoms with E-state index in [-0.39, 0.29) is 30.9 Å². The predicted molar refractivity (Wildman–Crippen MR) is 388 cm³/mol. The zero-order chi connectivity index (χ0) is 66.3. The molecule has 19 rings (SSSR count). The first-order valence-corrected chi connectivity index (χ1v) is 32.8. The Labute approximate surface area is 567 Å². The molecule has 0 spiro atoms. The first kappa shape index (κ1) is 57.5. The molecule has 11 heterocycles. The number of guanidine groups is 3. The van der Waals surface area contributed by atoms with Gasteiger partial charge < -0.3 is 29.4 Å². The van der Waals surface area contributed by atoms with Crippen LogP contribution in [-0.2, 0) is 23.9 Å². The number of aliphatic hydroxyl groups is 1. The Kier molecular flexibility index (Phi) is 12.7. The summed E-state index contributed by atoms with van der Waals surface area (Å²) in [5.41, 5.74) is 12.3. The Morgan fingerprint density at radius 1 is 0.576 bits per heavy atom. The first-order valence-electron chi connectivity index (χ1n) is 32.8. The average Bonchev–Trinajstić information content (AvgIpc) is 1.56. The van der Waals surface area contributed by atoms with Gasteiger partial charge in [-0.05, 0) is 115 Å². The van der Waals surface area contributed by atoms with Crippen molar-refractivity contribution >= 4 is 115 Å². The number of unbranched alkanes of at least 4 members (excludes halogenated alkanes) is 1. The molecular formula is C80H57N15O4. The molecule has 19 heteroatoms. The van der Waals surface area contributed by atoms with Crippen molar-refractivity contribution in [1.29, 1.82) is 0 Å². The Morgan fingerprint density at radius 3 is 1.75 bits per heavy atom. The molecule has 3 unspecified atom stereocenters. The van der Waals surface area contributed by atoms with E-state index in [1.54, 1.807) is 29.2 Å². The lowest BCUT2D eigenvalue weighted by Crippen LogP contribution is -2.44. The number of benzene rings is 8. The molecule has 9 aliphatic heterocycles. The van der Waals surface area contributed by atoms with Gasteiger partial charge in [0, 0.05) is 87.6 Å². The van der Waals surface area contributed by atoms with Gasteiger partial charge in [-0.2, -0.15) is 0 Å². The number of fused-ring (bicyclic) bond motifs is 8. The summed E-state index contributed by atoms with van der Waals surface area (Å²) < 4.78 is 15.6. The number of hydrogen-bond acceptors (Lipinski definition) is 16. The van der Waals surface area contributed by atoms with Crippen molar-refractivity contribution < 1.29 is 19.4 Å². The number of rotatable bonds is 15. The highest BCUT2D eigenvalue weighted by atomic mass is 16.5. The molecule has 19 nitrogen and oxygen atoms in total. The third-order valence-corrected chi connectivity index (χ3v) is 19.7. The number of hydrogen-bond donors (Lipinski definition) is 3. The van der Waals surface area contributed by atoms with Crippen LogP contribution in [0.3, 0.4) is 0 Å². The molecule has 0 radical (unpaired) electrons. The van der Waals surface area contributed by atoms with E-state index in [1.807, 2.05) is 121 Å². The molecule has 0 fully saturated rings. The van der Waals surface area contributed by atoms with Crippen LogP contribution in [0.1, 0.15) is 73.4 Å². The highest BCUT2D eigenvalue weighted by molar-refractivity contribution is 6.29. The fourth-order valence-electron chi connectivity index (χ4n) is 15.0. The first-order chi connectivity index (χ1) is 48.6. The summed E-state index contributed by atoms with van der Waals surface area (Å²) in [7, 11) is 2.07. The van der Waals surface area contributed by atoms with Gasteiger partial charge in [0.15, 0.2) is 28.6 Å². The van der Waals surface area contributed by atoms with Crippen molar-refractivity contribution in [3.8, 4) is 23.8 Å². The van der Waals surface area contributed by atoms with Gasteiger partial charge >= 0.3 is 0 Å². The number of nitrogens with one attached hydrogen (secondary N) is 2. The zero-order valence-corrected chi connectivity index (χ0v) is 53.5. The maximum Gasteiger partial charge on any atom is 0.251 e. The minimum absolute atomic E-state index is 0.0664. The number of H-pyrrole nitrogens is 1. The third-order valence-electron chi connectivity index (χ3n) is 19.7. The van der Waals surface area contributed by atoms with Crippen LogP contribution in [0, 0.1) is 19.3 Å². The number of aliphatic imine (C=N–C) groups is 9. The molecule has 2 aromatic heterocycles. The number of aromatic nitrogens is 2. The van der Waals surface area contributed by atoms with Crippen LogP contribution in [0.15, 0.2) is 263 Å². The summed E-state index contributed by atoms with van der Waals surface area (Å²) in [5, 5.41) is 17.6. The second-order valence-electron chi connectivity index (χ2n) is 25.4. The van der Waals surface area contributed by atoms with Gasteiger partial charge in [0.25, 0.3) is 5.91 Å². The van der Waals surface area contributed by atoms with E-state index in [4.69, 9.17) is 60.8 Å². The number of ether oxygens (including phenoxy) is 2. The van der Waals surface area contributed by atoms with E-state index in [0.717, 1.165) is 101 Å².